The van der Waals surface area contributed by atoms with E-state index in [0.29, 0.717) is 0 Å². The van der Waals surface area contributed by atoms with Crippen molar-refractivity contribution in [3.8, 4) is 0 Å². The highest BCUT2D eigenvalue weighted by Gasteiger charge is 2.23. The lowest BCUT2D eigenvalue weighted by atomic mass is 9.91. The predicted octanol–water partition coefficient (Wildman–Crippen LogP) is 2.89. The van der Waals surface area contributed by atoms with Crippen LogP contribution in [0.1, 0.15) is 32.2 Å². The summed E-state index contributed by atoms with van der Waals surface area (Å²) in [6, 6.07) is 5.83. The third-order valence-electron chi connectivity index (χ3n) is 2.55. The van der Waals surface area contributed by atoms with Crippen LogP contribution in [0, 0.1) is 0 Å². The molecule has 0 fully saturated rings. The fourth-order valence-electron chi connectivity index (χ4n) is 1.86. The molecule has 2 aromatic rings. The van der Waals surface area contributed by atoms with Gasteiger partial charge in [-0.15, -0.1) is 0 Å². The molecule has 2 aromatic heterocycles. The Morgan fingerprint density at radius 3 is 2.62 bits per heavy atom. The minimum atomic E-state index is -0.0659. The van der Waals surface area contributed by atoms with E-state index in [1.807, 2.05) is 22.6 Å². The molecule has 2 heterocycles. The Morgan fingerprint density at radius 2 is 2.06 bits per heavy atom. The average molecular weight is 283 g/mol. The van der Waals surface area contributed by atoms with Crippen molar-refractivity contribution in [2.24, 2.45) is 0 Å². The summed E-state index contributed by atoms with van der Waals surface area (Å²) in [5.74, 6) is 0. The molecule has 0 amide bonds. The van der Waals surface area contributed by atoms with E-state index in [4.69, 9.17) is 0 Å². The summed E-state index contributed by atoms with van der Waals surface area (Å²) < 4.78 is 2.86. The van der Waals surface area contributed by atoms with Gasteiger partial charge in [-0.05, 0) is 28.1 Å². The molecule has 0 aliphatic carbocycles. The van der Waals surface area contributed by atoms with E-state index < -0.39 is 0 Å². The molecule has 0 aliphatic heterocycles. The van der Waals surface area contributed by atoms with Crippen molar-refractivity contribution >= 4 is 21.6 Å². The van der Waals surface area contributed by atoms with E-state index in [2.05, 4.69) is 41.7 Å². The first-order chi connectivity index (χ1) is 7.45. The summed E-state index contributed by atoms with van der Waals surface area (Å²) in [4.78, 5) is 4.59. The zero-order valence-electron chi connectivity index (χ0n) is 9.66. The van der Waals surface area contributed by atoms with Crippen LogP contribution in [0.3, 0.4) is 0 Å². The van der Waals surface area contributed by atoms with E-state index in [1.54, 1.807) is 0 Å². The molecular formula is C12H15BrN2O. The molecule has 0 saturated heterocycles. The first-order valence-electron chi connectivity index (χ1n) is 5.22. The number of pyridine rings is 1. The van der Waals surface area contributed by atoms with Gasteiger partial charge in [0.2, 0.25) is 0 Å². The highest BCUT2D eigenvalue weighted by atomic mass is 79.9. The Balaban J connectivity index is 2.83. The van der Waals surface area contributed by atoms with Gasteiger partial charge in [0.1, 0.15) is 5.65 Å². The van der Waals surface area contributed by atoms with Gasteiger partial charge in [0.15, 0.2) is 0 Å². The van der Waals surface area contributed by atoms with Crippen LogP contribution in [0.4, 0.5) is 0 Å². The van der Waals surface area contributed by atoms with Gasteiger partial charge in [-0.25, -0.2) is 4.98 Å². The molecule has 4 heteroatoms. The third kappa shape index (κ3) is 1.76. The van der Waals surface area contributed by atoms with Crippen molar-refractivity contribution in [1.82, 2.24) is 9.38 Å². The van der Waals surface area contributed by atoms with Crippen LogP contribution in [0.15, 0.2) is 22.8 Å². The first-order valence-corrected chi connectivity index (χ1v) is 6.01. The zero-order chi connectivity index (χ0) is 11.9. The molecule has 0 unspecified atom stereocenters. The first kappa shape index (κ1) is 11.6. The van der Waals surface area contributed by atoms with Crippen molar-refractivity contribution in [3.05, 3.63) is 34.2 Å². The van der Waals surface area contributed by atoms with E-state index in [1.165, 1.54) is 0 Å². The molecule has 3 nitrogen and oxygen atoms in total. The number of halogens is 1. The van der Waals surface area contributed by atoms with E-state index >= 15 is 0 Å². The minimum absolute atomic E-state index is 0.00359. The summed E-state index contributed by atoms with van der Waals surface area (Å²) >= 11 is 3.48. The van der Waals surface area contributed by atoms with Crippen LogP contribution in [0.2, 0.25) is 0 Å². The number of hydrogen-bond donors (Lipinski definition) is 1. The number of rotatable bonds is 1. The number of aliphatic hydroxyl groups excluding tert-OH is 1. The highest BCUT2D eigenvalue weighted by Crippen LogP contribution is 2.28. The summed E-state index contributed by atoms with van der Waals surface area (Å²) in [6.07, 6.45) is 0. The van der Waals surface area contributed by atoms with Crippen LogP contribution < -0.4 is 0 Å². The van der Waals surface area contributed by atoms with Gasteiger partial charge in [-0.3, -0.25) is 4.40 Å². The summed E-state index contributed by atoms with van der Waals surface area (Å²) in [7, 11) is 0. The van der Waals surface area contributed by atoms with Crippen molar-refractivity contribution < 1.29 is 5.11 Å². The summed E-state index contributed by atoms with van der Waals surface area (Å²) in [5.41, 5.74) is 2.60. The lowest BCUT2D eigenvalue weighted by Crippen LogP contribution is -2.15. The van der Waals surface area contributed by atoms with Gasteiger partial charge >= 0.3 is 0 Å². The number of aromatic nitrogens is 2. The Kier molecular flexibility index (Phi) is 2.80. The third-order valence-corrected chi connectivity index (χ3v) is 3.17. The van der Waals surface area contributed by atoms with Crippen molar-refractivity contribution in [3.63, 3.8) is 0 Å². The van der Waals surface area contributed by atoms with Gasteiger partial charge in [0.05, 0.1) is 22.6 Å². The molecule has 0 aromatic carbocycles. The Bertz CT molecular complexity index is 526. The van der Waals surface area contributed by atoms with Crippen LogP contribution >= 0.6 is 15.9 Å². The normalized spacial score (nSPS) is 12.3. The monoisotopic (exact) mass is 282 g/mol. The highest BCUT2D eigenvalue weighted by molar-refractivity contribution is 9.10. The molecular weight excluding hydrogens is 268 g/mol. The predicted molar refractivity (Wildman–Crippen MR) is 67.5 cm³/mol. The second kappa shape index (κ2) is 3.86. The maximum atomic E-state index is 9.51. The van der Waals surface area contributed by atoms with Crippen LogP contribution in [-0.2, 0) is 12.0 Å². The van der Waals surface area contributed by atoms with Crippen LogP contribution in [0.5, 0.6) is 0 Å². The fraction of sp³-hybridized carbons (Fsp3) is 0.417. The molecule has 0 atom stereocenters. The second-order valence-electron chi connectivity index (χ2n) is 4.86. The molecule has 1 N–H and O–H groups in total. The van der Waals surface area contributed by atoms with Gasteiger partial charge in [-0.1, -0.05) is 26.8 Å². The van der Waals surface area contributed by atoms with Gasteiger partial charge in [-0.2, -0.15) is 0 Å². The molecule has 2 rings (SSSR count). The van der Waals surface area contributed by atoms with Gasteiger partial charge in [0, 0.05) is 5.41 Å². The molecule has 0 radical (unpaired) electrons. The molecule has 16 heavy (non-hydrogen) atoms. The topological polar surface area (TPSA) is 37.5 Å². The average Bonchev–Trinajstić information content (AvgIpc) is 2.57. The Hall–Kier alpha value is -0.870. The van der Waals surface area contributed by atoms with Crippen molar-refractivity contribution in [2.75, 3.05) is 0 Å². The maximum absolute atomic E-state index is 9.51. The molecule has 0 bridgehead atoms. The fourth-order valence-corrected chi connectivity index (χ4v) is 2.41. The second-order valence-corrected chi connectivity index (χ2v) is 5.67. The van der Waals surface area contributed by atoms with Crippen molar-refractivity contribution in [2.45, 2.75) is 32.8 Å². The van der Waals surface area contributed by atoms with E-state index in [-0.39, 0.29) is 12.0 Å². The number of hydrogen-bond acceptors (Lipinski definition) is 2. The number of fused-ring (bicyclic) bond motifs is 1. The van der Waals surface area contributed by atoms with Crippen molar-refractivity contribution in [1.29, 1.82) is 0 Å². The minimum Gasteiger partial charge on any atom is -0.390 e. The van der Waals surface area contributed by atoms with Gasteiger partial charge < -0.3 is 5.11 Å². The lowest BCUT2D eigenvalue weighted by Gasteiger charge is -2.17. The summed E-state index contributed by atoms with van der Waals surface area (Å²) in [5, 5.41) is 9.51. The molecule has 86 valence electrons. The van der Waals surface area contributed by atoms with E-state index in [0.717, 1.165) is 21.6 Å². The number of aliphatic hydroxyl groups is 1. The lowest BCUT2D eigenvalue weighted by molar-refractivity contribution is 0.272. The van der Waals surface area contributed by atoms with E-state index in [9.17, 15) is 5.11 Å². The molecule has 0 aliphatic rings. The maximum Gasteiger partial charge on any atom is 0.138 e. The molecule has 0 spiro atoms. The smallest absolute Gasteiger partial charge is 0.138 e. The Labute approximate surface area is 103 Å². The quantitative estimate of drug-likeness (QED) is 0.817. The van der Waals surface area contributed by atoms with Crippen LogP contribution in [-0.4, -0.2) is 14.5 Å². The van der Waals surface area contributed by atoms with Gasteiger partial charge in [0.25, 0.3) is 0 Å². The Morgan fingerprint density at radius 1 is 1.38 bits per heavy atom. The number of imidazole rings is 1. The zero-order valence-corrected chi connectivity index (χ0v) is 11.2. The summed E-state index contributed by atoms with van der Waals surface area (Å²) in [6.45, 7) is 6.29. The SMILES string of the molecule is CC(C)(C)c1nc2cccc(Br)n2c1CO. The standard InChI is InChI=1S/C12H15BrN2O/c1-12(2,3)11-8(7-16)15-9(13)5-4-6-10(15)14-11/h4-6,16H,7H2,1-3H3. The molecule has 0 saturated carbocycles. The number of nitrogens with zero attached hydrogens (tertiary/aromatic N) is 2. The van der Waals surface area contributed by atoms with Crippen LogP contribution in [0.25, 0.3) is 5.65 Å². The largest absolute Gasteiger partial charge is 0.390 e.